The first-order chi connectivity index (χ1) is 7.15. The molecule has 0 aromatic heterocycles. The Morgan fingerprint density at radius 3 is 2.44 bits per heavy atom. The van der Waals surface area contributed by atoms with E-state index in [9.17, 15) is 5.11 Å². The summed E-state index contributed by atoms with van der Waals surface area (Å²) in [5.74, 6) is -0.196. The zero-order valence-electron chi connectivity index (χ0n) is 9.52. The molecule has 1 atom stereocenters. The lowest BCUT2D eigenvalue weighted by molar-refractivity contribution is 0.402. The minimum Gasteiger partial charge on any atom is -0.504 e. The number of hydrogen-bond acceptors (Lipinski definition) is 3. The molecule has 4 N–H and O–H groups in total. The molecule has 1 rings (SSSR count). The van der Waals surface area contributed by atoms with Crippen molar-refractivity contribution >= 4 is 12.4 Å². The lowest BCUT2D eigenvalue weighted by atomic mass is 10.0. The number of rotatable bonds is 5. The van der Waals surface area contributed by atoms with Crippen molar-refractivity contribution in [2.24, 2.45) is 5.73 Å². The van der Waals surface area contributed by atoms with Crippen molar-refractivity contribution in [2.75, 3.05) is 0 Å². The van der Waals surface area contributed by atoms with Crippen molar-refractivity contribution in [3.63, 3.8) is 0 Å². The number of hydrogen-bond donors (Lipinski definition) is 3. The van der Waals surface area contributed by atoms with Crippen LogP contribution < -0.4 is 5.73 Å². The van der Waals surface area contributed by atoms with Gasteiger partial charge in [-0.2, -0.15) is 0 Å². The summed E-state index contributed by atoms with van der Waals surface area (Å²) >= 11 is 0. The summed E-state index contributed by atoms with van der Waals surface area (Å²) in [5, 5.41) is 18.5. The van der Waals surface area contributed by atoms with Crippen LogP contribution in [0.15, 0.2) is 18.2 Å². The van der Waals surface area contributed by atoms with Crippen molar-refractivity contribution in [1.82, 2.24) is 0 Å². The molecule has 0 radical (unpaired) electrons. The molecule has 0 aliphatic heterocycles. The first kappa shape index (κ1) is 15.1. The van der Waals surface area contributed by atoms with Crippen molar-refractivity contribution in [3.8, 4) is 11.5 Å². The van der Waals surface area contributed by atoms with Crippen LogP contribution in [0.3, 0.4) is 0 Å². The van der Waals surface area contributed by atoms with Crippen molar-refractivity contribution < 1.29 is 10.2 Å². The summed E-state index contributed by atoms with van der Waals surface area (Å²) < 4.78 is 0. The van der Waals surface area contributed by atoms with Crippen LogP contribution in [-0.4, -0.2) is 10.2 Å². The molecule has 0 saturated heterocycles. The Morgan fingerprint density at radius 2 is 1.88 bits per heavy atom. The minimum atomic E-state index is -0.0987. The summed E-state index contributed by atoms with van der Waals surface area (Å²) in [7, 11) is 0. The lowest BCUT2D eigenvalue weighted by Crippen LogP contribution is -2.09. The number of unbranched alkanes of at least 4 members (excludes halogenated alkanes) is 2. The third-order valence-corrected chi connectivity index (χ3v) is 2.55. The van der Waals surface area contributed by atoms with Gasteiger partial charge >= 0.3 is 0 Å². The summed E-state index contributed by atoms with van der Waals surface area (Å²) in [4.78, 5) is 0. The summed E-state index contributed by atoms with van der Waals surface area (Å²) in [6.45, 7) is 2.15. The van der Waals surface area contributed by atoms with E-state index in [4.69, 9.17) is 10.8 Å². The molecule has 1 aromatic carbocycles. The van der Waals surface area contributed by atoms with Gasteiger partial charge in [0.2, 0.25) is 0 Å². The first-order valence-corrected chi connectivity index (χ1v) is 5.42. The average molecular weight is 246 g/mol. The number of nitrogens with two attached hydrogens (primary N) is 1. The number of phenolic OH excluding ortho intramolecular Hbond substituents is 2. The Morgan fingerprint density at radius 1 is 1.19 bits per heavy atom. The van der Waals surface area contributed by atoms with Gasteiger partial charge in [0.05, 0.1) is 0 Å². The quantitative estimate of drug-likeness (QED) is 0.552. The topological polar surface area (TPSA) is 66.5 Å². The maximum Gasteiger partial charge on any atom is 0.157 e. The fourth-order valence-electron chi connectivity index (χ4n) is 1.55. The van der Waals surface area contributed by atoms with E-state index in [-0.39, 0.29) is 29.9 Å². The van der Waals surface area contributed by atoms with E-state index in [1.54, 1.807) is 6.07 Å². The van der Waals surface area contributed by atoms with Gasteiger partial charge in [0, 0.05) is 6.04 Å². The molecule has 1 aromatic rings. The third kappa shape index (κ3) is 4.29. The molecule has 0 unspecified atom stereocenters. The van der Waals surface area contributed by atoms with Crippen LogP contribution >= 0.6 is 12.4 Å². The van der Waals surface area contributed by atoms with Gasteiger partial charge < -0.3 is 15.9 Å². The minimum absolute atomic E-state index is 0. The van der Waals surface area contributed by atoms with Gasteiger partial charge in [-0.1, -0.05) is 32.3 Å². The van der Waals surface area contributed by atoms with Crippen LogP contribution in [0.1, 0.15) is 44.2 Å². The molecule has 0 aliphatic carbocycles. The molecule has 0 heterocycles. The molecule has 4 heteroatoms. The van der Waals surface area contributed by atoms with Crippen molar-refractivity contribution in [2.45, 2.75) is 38.6 Å². The van der Waals surface area contributed by atoms with E-state index in [2.05, 4.69) is 6.92 Å². The Labute approximate surface area is 103 Å². The maximum absolute atomic E-state index is 9.32. The molecular weight excluding hydrogens is 226 g/mol. The predicted molar refractivity (Wildman–Crippen MR) is 68.1 cm³/mol. The van der Waals surface area contributed by atoms with E-state index in [1.165, 1.54) is 25.0 Å². The van der Waals surface area contributed by atoms with E-state index < -0.39 is 0 Å². The van der Waals surface area contributed by atoms with Crippen molar-refractivity contribution in [3.05, 3.63) is 23.8 Å². The molecule has 0 aliphatic rings. The molecule has 0 saturated carbocycles. The summed E-state index contributed by atoms with van der Waals surface area (Å²) in [5.41, 5.74) is 6.84. The number of benzene rings is 1. The Balaban J connectivity index is 0.00000225. The van der Waals surface area contributed by atoms with Crippen LogP contribution in [-0.2, 0) is 0 Å². The third-order valence-electron chi connectivity index (χ3n) is 2.55. The van der Waals surface area contributed by atoms with Gasteiger partial charge in [-0.05, 0) is 24.1 Å². The van der Waals surface area contributed by atoms with E-state index in [0.29, 0.717) is 0 Å². The highest BCUT2D eigenvalue weighted by molar-refractivity contribution is 5.85. The highest BCUT2D eigenvalue weighted by Crippen LogP contribution is 2.28. The highest BCUT2D eigenvalue weighted by atomic mass is 35.5. The Bertz CT molecular complexity index is 318. The van der Waals surface area contributed by atoms with Crippen molar-refractivity contribution in [1.29, 1.82) is 0 Å². The molecular formula is C12H20ClNO2. The van der Waals surface area contributed by atoms with E-state index in [0.717, 1.165) is 18.4 Å². The fourth-order valence-corrected chi connectivity index (χ4v) is 1.55. The molecule has 3 nitrogen and oxygen atoms in total. The largest absolute Gasteiger partial charge is 0.504 e. The van der Waals surface area contributed by atoms with Gasteiger partial charge in [-0.25, -0.2) is 0 Å². The number of halogens is 1. The second-order valence-electron chi connectivity index (χ2n) is 3.85. The van der Waals surface area contributed by atoms with Crippen LogP contribution in [0.4, 0.5) is 0 Å². The van der Waals surface area contributed by atoms with Crippen LogP contribution in [0.25, 0.3) is 0 Å². The zero-order chi connectivity index (χ0) is 11.3. The van der Waals surface area contributed by atoms with E-state index in [1.807, 2.05) is 0 Å². The van der Waals surface area contributed by atoms with E-state index >= 15 is 0 Å². The van der Waals surface area contributed by atoms with Crippen LogP contribution in [0, 0.1) is 0 Å². The maximum atomic E-state index is 9.32. The fraction of sp³-hybridized carbons (Fsp3) is 0.500. The highest BCUT2D eigenvalue weighted by Gasteiger charge is 2.08. The molecule has 0 bridgehead atoms. The standard InChI is InChI=1S/C12H19NO2.ClH/c1-2-3-4-5-10(13)9-6-7-11(14)12(15)8-9;/h6-8,10,14-15H,2-5,13H2,1H3;1H/t10-;/m1./s1. The molecule has 16 heavy (non-hydrogen) atoms. The number of phenols is 2. The normalized spacial score (nSPS) is 11.9. The Hall–Kier alpha value is -0.930. The SMILES string of the molecule is CCCCC[C@@H](N)c1ccc(O)c(O)c1.Cl. The van der Waals surface area contributed by atoms with Gasteiger partial charge in [-0.3, -0.25) is 0 Å². The first-order valence-electron chi connectivity index (χ1n) is 5.42. The second kappa shape index (κ2) is 7.36. The predicted octanol–water partition coefficient (Wildman–Crippen LogP) is 3.10. The second-order valence-corrected chi connectivity index (χ2v) is 3.85. The van der Waals surface area contributed by atoms with Gasteiger partial charge in [0.15, 0.2) is 11.5 Å². The smallest absolute Gasteiger partial charge is 0.157 e. The molecule has 0 fully saturated rings. The zero-order valence-corrected chi connectivity index (χ0v) is 10.3. The lowest BCUT2D eigenvalue weighted by Gasteiger charge is -2.12. The van der Waals surface area contributed by atoms with Gasteiger partial charge in [0.1, 0.15) is 0 Å². The summed E-state index contributed by atoms with van der Waals surface area (Å²) in [6, 6.07) is 4.71. The number of aromatic hydroxyl groups is 2. The average Bonchev–Trinajstić information content (AvgIpc) is 2.22. The molecule has 0 amide bonds. The molecule has 0 spiro atoms. The molecule has 92 valence electrons. The van der Waals surface area contributed by atoms with Crippen LogP contribution in [0.5, 0.6) is 11.5 Å². The monoisotopic (exact) mass is 245 g/mol. The van der Waals surface area contributed by atoms with Gasteiger partial charge in [0.25, 0.3) is 0 Å². The van der Waals surface area contributed by atoms with Gasteiger partial charge in [-0.15, -0.1) is 12.4 Å². The Kier molecular flexibility index (Phi) is 6.93. The summed E-state index contributed by atoms with van der Waals surface area (Å²) in [6.07, 6.45) is 4.36. The van der Waals surface area contributed by atoms with Crippen LogP contribution in [0.2, 0.25) is 0 Å².